The van der Waals surface area contributed by atoms with Crippen LogP contribution in [0.3, 0.4) is 0 Å². The predicted octanol–water partition coefficient (Wildman–Crippen LogP) is 1.21. The molecule has 0 bridgehead atoms. The first kappa shape index (κ1) is 17.2. The summed E-state index contributed by atoms with van der Waals surface area (Å²) in [6.45, 7) is 7.66. The minimum atomic E-state index is -0.305. The summed E-state index contributed by atoms with van der Waals surface area (Å²) >= 11 is 0. The summed E-state index contributed by atoms with van der Waals surface area (Å²) in [6.07, 6.45) is 0.913. The van der Waals surface area contributed by atoms with Crippen molar-refractivity contribution < 1.29 is 4.79 Å². The van der Waals surface area contributed by atoms with Gasteiger partial charge in [0, 0.05) is 35.6 Å². The van der Waals surface area contributed by atoms with Gasteiger partial charge in [-0.15, -0.1) is 0 Å². The molecule has 3 heterocycles. The molecule has 0 aromatic carbocycles. The number of likely N-dealkylation sites (tertiary alicyclic amines) is 1. The van der Waals surface area contributed by atoms with Gasteiger partial charge in [-0.3, -0.25) is 9.69 Å². The van der Waals surface area contributed by atoms with E-state index in [2.05, 4.69) is 25.3 Å². The molecule has 1 saturated heterocycles. The number of nitrogens with one attached hydrogen (secondary N) is 1. The number of hydrogen-bond donors (Lipinski definition) is 2. The lowest BCUT2D eigenvalue weighted by atomic mass is 10.1. The number of aromatic nitrogens is 4. The summed E-state index contributed by atoms with van der Waals surface area (Å²) in [6, 6.07) is 3.80. The molecule has 3 N–H and O–H groups in total. The third-order valence-corrected chi connectivity index (χ3v) is 4.11. The van der Waals surface area contributed by atoms with Crippen LogP contribution in [0.1, 0.15) is 35.2 Å². The Balaban J connectivity index is 1.78. The Morgan fingerprint density at radius 1 is 1.16 bits per heavy atom. The molecular weight excluding hydrogens is 318 g/mol. The van der Waals surface area contributed by atoms with Crippen molar-refractivity contribution in [3.8, 4) is 0 Å². The monoisotopic (exact) mass is 341 g/mol. The maximum absolute atomic E-state index is 11.1. The summed E-state index contributed by atoms with van der Waals surface area (Å²) in [4.78, 5) is 31.1. The number of nitrogens with zero attached hydrogens (tertiary/aromatic N) is 5. The fourth-order valence-electron chi connectivity index (χ4n) is 3.14. The second kappa shape index (κ2) is 7.10. The highest BCUT2D eigenvalue weighted by Gasteiger charge is 2.27. The van der Waals surface area contributed by atoms with E-state index >= 15 is 0 Å². The van der Waals surface area contributed by atoms with Crippen LogP contribution in [0.4, 0.5) is 11.8 Å². The van der Waals surface area contributed by atoms with Crippen LogP contribution in [0.2, 0.25) is 0 Å². The lowest BCUT2D eigenvalue weighted by Gasteiger charge is -2.14. The summed E-state index contributed by atoms with van der Waals surface area (Å²) in [5, 5.41) is 3.17. The molecule has 2 aromatic rings. The van der Waals surface area contributed by atoms with Crippen LogP contribution >= 0.6 is 0 Å². The molecule has 0 spiro atoms. The first-order chi connectivity index (χ1) is 11.9. The third-order valence-electron chi connectivity index (χ3n) is 4.11. The molecule has 1 atom stereocenters. The quantitative estimate of drug-likeness (QED) is 0.841. The van der Waals surface area contributed by atoms with Gasteiger partial charge in [0.05, 0.1) is 6.54 Å². The van der Waals surface area contributed by atoms with Crippen LogP contribution in [-0.2, 0) is 4.79 Å². The van der Waals surface area contributed by atoms with Crippen molar-refractivity contribution in [1.82, 2.24) is 24.8 Å². The van der Waals surface area contributed by atoms with Crippen molar-refractivity contribution >= 4 is 17.7 Å². The fraction of sp³-hybridized carbons (Fsp3) is 0.471. The Bertz CT molecular complexity index is 772. The molecule has 0 radical (unpaired) electrons. The number of nitrogens with two attached hydrogens (primary N) is 1. The van der Waals surface area contributed by atoms with E-state index in [0.717, 1.165) is 42.4 Å². The molecule has 132 valence electrons. The number of aryl methyl sites for hydroxylation is 3. The maximum atomic E-state index is 11.1. The highest BCUT2D eigenvalue weighted by Crippen LogP contribution is 2.26. The highest BCUT2D eigenvalue weighted by atomic mass is 16.1. The minimum Gasteiger partial charge on any atom is -0.369 e. The van der Waals surface area contributed by atoms with Crippen LogP contribution in [0.25, 0.3) is 0 Å². The van der Waals surface area contributed by atoms with Gasteiger partial charge >= 0.3 is 0 Å². The molecule has 0 saturated carbocycles. The number of primary amides is 1. The second-order valence-corrected chi connectivity index (χ2v) is 6.54. The van der Waals surface area contributed by atoms with Crippen LogP contribution in [0, 0.1) is 20.8 Å². The SMILES string of the molecule is Cc1cc(C)nc(Nc2cc(C)nc([C@@H]3CCN(CC(N)=O)C3)n2)n1. The molecule has 0 unspecified atom stereocenters. The van der Waals surface area contributed by atoms with Crippen molar-refractivity contribution in [3.63, 3.8) is 0 Å². The Kier molecular flexibility index (Phi) is 4.89. The lowest BCUT2D eigenvalue weighted by molar-refractivity contribution is -0.118. The van der Waals surface area contributed by atoms with Crippen LogP contribution in [-0.4, -0.2) is 50.4 Å². The maximum Gasteiger partial charge on any atom is 0.231 e. The topological polar surface area (TPSA) is 110 Å². The van der Waals surface area contributed by atoms with Crippen LogP contribution in [0.5, 0.6) is 0 Å². The Morgan fingerprint density at radius 3 is 2.52 bits per heavy atom. The van der Waals surface area contributed by atoms with Crippen LogP contribution in [0.15, 0.2) is 12.1 Å². The molecule has 2 aromatic heterocycles. The van der Waals surface area contributed by atoms with Crippen molar-refractivity contribution in [1.29, 1.82) is 0 Å². The molecule has 8 heteroatoms. The molecule has 1 aliphatic rings. The van der Waals surface area contributed by atoms with E-state index in [1.165, 1.54) is 0 Å². The van der Waals surface area contributed by atoms with Gasteiger partial charge in [0.15, 0.2) is 0 Å². The van der Waals surface area contributed by atoms with Crippen LogP contribution < -0.4 is 11.1 Å². The standard InChI is InChI=1S/C17H23N7O/c1-10-6-11(2)21-17(20-10)23-15-7-12(3)19-16(22-15)13-4-5-24(8-13)9-14(18)25/h6-7,13H,4-5,8-9H2,1-3H3,(H2,18,25)(H,19,20,21,22,23)/t13-/m1/s1. The van der Waals surface area contributed by atoms with E-state index in [9.17, 15) is 4.79 Å². The smallest absolute Gasteiger partial charge is 0.231 e. The van der Waals surface area contributed by atoms with Gasteiger partial charge in [-0.05, 0) is 39.8 Å². The molecule has 25 heavy (non-hydrogen) atoms. The number of anilines is 2. The van der Waals surface area contributed by atoms with Gasteiger partial charge in [-0.1, -0.05) is 0 Å². The lowest BCUT2D eigenvalue weighted by Crippen LogP contribution is -2.32. The van der Waals surface area contributed by atoms with E-state index in [1.54, 1.807) is 0 Å². The average molecular weight is 341 g/mol. The minimum absolute atomic E-state index is 0.194. The summed E-state index contributed by atoms with van der Waals surface area (Å²) < 4.78 is 0. The Labute approximate surface area is 146 Å². The van der Waals surface area contributed by atoms with Gasteiger partial charge in [0.2, 0.25) is 11.9 Å². The van der Waals surface area contributed by atoms with Crippen molar-refractivity contribution in [3.05, 3.63) is 35.0 Å². The fourth-order valence-corrected chi connectivity index (χ4v) is 3.14. The zero-order valence-electron chi connectivity index (χ0n) is 14.8. The summed E-state index contributed by atoms with van der Waals surface area (Å²) in [7, 11) is 0. The highest BCUT2D eigenvalue weighted by molar-refractivity contribution is 5.75. The molecule has 8 nitrogen and oxygen atoms in total. The van der Waals surface area contributed by atoms with Gasteiger partial charge in [-0.25, -0.2) is 19.9 Å². The van der Waals surface area contributed by atoms with Crippen molar-refractivity contribution in [2.75, 3.05) is 25.0 Å². The second-order valence-electron chi connectivity index (χ2n) is 6.54. The molecule has 1 amide bonds. The Morgan fingerprint density at radius 2 is 1.84 bits per heavy atom. The van der Waals surface area contributed by atoms with Gasteiger partial charge in [0.1, 0.15) is 11.6 Å². The summed E-state index contributed by atoms with van der Waals surface area (Å²) in [5.41, 5.74) is 7.96. The number of carbonyl (C=O) groups is 1. The van der Waals surface area contributed by atoms with Gasteiger partial charge < -0.3 is 11.1 Å². The van der Waals surface area contributed by atoms with E-state index < -0.39 is 0 Å². The first-order valence-corrected chi connectivity index (χ1v) is 8.34. The van der Waals surface area contributed by atoms with Gasteiger partial charge in [0.25, 0.3) is 0 Å². The molecule has 3 rings (SSSR count). The predicted molar refractivity (Wildman–Crippen MR) is 94.6 cm³/mol. The summed E-state index contributed by atoms with van der Waals surface area (Å²) in [5.74, 6) is 1.88. The van der Waals surface area contributed by atoms with Crippen molar-refractivity contribution in [2.45, 2.75) is 33.1 Å². The number of amides is 1. The molecule has 0 aliphatic carbocycles. The molecule has 1 fully saturated rings. The number of hydrogen-bond acceptors (Lipinski definition) is 7. The van der Waals surface area contributed by atoms with E-state index in [-0.39, 0.29) is 18.4 Å². The zero-order valence-corrected chi connectivity index (χ0v) is 14.8. The van der Waals surface area contributed by atoms with Gasteiger partial charge in [-0.2, -0.15) is 0 Å². The zero-order chi connectivity index (χ0) is 18.0. The first-order valence-electron chi connectivity index (χ1n) is 8.34. The Hall–Kier alpha value is -2.61. The molecular formula is C17H23N7O. The molecule has 1 aliphatic heterocycles. The van der Waals surface area contributed by atoms with E-state index in [0.29, 0.717) is 11.8 Å². The largest absolute Gasteiger partial charge is 0.369 e. The average Bonchev–Trinajstić information content (AvgIpc) is 2.93. The van der Waals surface area contributed by atoms with E-state index in [4.69, 9.17) is 5.73 Å². The number of carbonyl (C=O) groups excluding carboxylic acids is 1. The third kappa shape index (κ3) is 4.48. The van der Waals surface area contributed by atoms with E-state index in [1.807, 2.05) is 37.8 Å². The van der Waals surface area contributed by atoms with Crippen molar-refractivity contribution in [2.24, 2.45) is 5.73 Å². The normalized spacial score (nSPS) is 17.6. The number of rotatable bonds is 5.